The van der Waals surface area contributed by atoms with Crippen molar-refractivity contribution >= 4 is 11.9 Å². The molecular formula is C19H21NO5. The summed E-state index contributed by atoms with van der Waals surface area (Å²) in [6, 6.07) is 12.3. The van der Waals surface area contributed by atoms with E-state index in [0.29, 0.717) is 23.6 Å². The highest BCUT2D eigenvalue weighted by molar-refractivity contribution is 5.91. The smallest absolute Gasteiger partial charge is 0.338 e. The number of carbonyl (C=O) groups excluding carboxylic acids is 2. The monoisotopic (exact) mass is 343 g/mol. The third-order valence-electron chi connectivity index (χ3n) is 3.56. The number of aryl methyl sites for hydroxylation is 1. The molecule has 0 radical (unpaired) electrons. The number of hydrogen-bond acceptors (Lipinski definition) is 5. The summed E-state index contributed by atoms with van der Waals surface area (Å²) in [6.07, 6.45) is 0. The SMILES string of the molecule is COc1ccc(CNC(=O)COC(=O)c2ccc(C)cc2)cc1OC. The number of esters is 1. The van der Waals surface area contributed by atoms with Gasteiger partial charge in [0.2, 0.25) is 0 Å². The van der Waals surface area contributed by atoms with Crippen LogP contribution in [0.15, 0.2) is 42.5 Å². The van der Waals surface area contributed by atoms with Crippen LogP contribution in [0, 0.1) is 6.92 Å². The third kappa shape index (κ3) is 5.24. The van der Waals surface area contributed by atoms with Crippen LogP contribution >= 0.6 is 0 Å². The maximum absolute atomic E-state index is 11.9. The minimum Gasteiger partial charge on any atom is -0.493 e. The molecule has 2 rings (SSSR count). The first-order chi connectivity index (χ1) is 12.0. The fourth-order valence-electron chi connectivity index (χ4n) is 2.15. The lowest BCUT2D eigenvalue weighted by molar-refractivity contribution is -0.124. The molecule has 0 aliphatic rings. The maximum atomic E-state index is 11.9. The van der Waals surface area contributed by atoms with Crippen LogP contribution in [-0.4, -0.2) is 32.7 Å². The standard InChI is InChI=1S/C19H21NO5/c1-13-4-7-15(8-5-13)19(22)25-12-18(21)20-11-14-6-9-16(23-2)17(10-14)24-3/h4-10H,11-12H2,1-3H3,(H,20,21). The number of methoxy groups -OCH3 is 2. The molecule has 1 N–H and O–H groups in total. The molecule has 0 saturated heterocycles. The second-order valence-electron chi connectivity index (χ2n) is 5.41. The molecule has 6 heteroatoms. The Kier molecular flexibility index (Phi) is 6.39. The van der Waals surface area contributed by atoms with Crippen molar-refractivity contribution in [2.45, 2.75) is 13.5 Å². The van der Waals surface area contributed by atoms with Crippen molar-refractivity contribution in [3.63, 3.8) is 0 Å². The van der Waals surface area contributed by atoms with Gasteiger partial charge in [0.25, 0.3) is 5.91 Å². The Morgan fingerprint density at radius 2 is 1.64 bits per heavy atom. The van der Waals surface area contributed by atoms with Crippen molar-refractivity contribution in [2.24, 2.45) is 0 Å². The first-order valence-corrected chi connectivity index (χ1v) is 7.75. The molecule has 0 aliphatic carbocycles. The zero-order chi connectivity index (χ0) is 18.2. The van der Waals surface area contributed by atoms with E-state index in [9.17, 15) is 9.59 Å². The van der Waals surface area contributed by atoms with Crippen molar-refractivity contribution in [2.75, 3.05) is 20.8 Å². The summed E-state index contributed by atoms with van der Waals surface area (Å²) < 4.78 is 15.4. The molecular weight excluding hydrogens is 322 g/mol. The second kappa shape index (κ2) is 8.73. The second-order valence-corrected chi connectivity index (χ2v) is 5.41. The number of amides is 1. The van der Waals surface area contributed by atoms with Gasteiger partial charge >= 0.3 is 5.97 Å². The van der Waals surface area contributed by atoms with Crippen molar-refractivity contribution in [1.29, 1.82) is 0 Å². The van der Waals surface area contributed by atoms with Crippen LogP contribution in [0.5, 0.6) is 11.5 Å². The van der Waals surface area contributed by atoms with Gasteiger partial charge in [-0.3, -0.25) is 4.79 Å². The number of benzene rings is 2. The molecule has 0 unspecified atom stereocenters. The fourth-order valence-corrected chi connectivity index (χ4v) is 2.15. The van der Waals surface area contributed by atoms with Crippen LogP contribution in [0.3, 0.4) is 0 Å². The minimum absolute atomic E-state index is 0.293. The van der Waals surface area contributed by atoms with Crippen LogP contribution in [0.4, 0.5) is 0 Å². The van der Waals surface area contributed by atoms with Gasteiger partial charge in [-0.15, -0.1) is 0 Å². The average molecular weight is 343 g/mol. The predicted octanol–water partition coefficient (Wildman–Crippen LogP) is 2.49. The lowest BCUT2D eigenvalue weighted by atomic mass is 10.1. The van der Waals surface area contributed by atoms with Crippen molar-refractivity contribution < 1.29 is 23.8 Å². The van der Waals surface area contributed by atoms with Gasteiger partial charge in [0.05, 0.1) is 19.8 Å². The molecule has 0 spiro atoms. The summed E-state index contributed by atoms with van der Waals surface area (Å²) >= 11 is 0. The minimum atomic E-state index is -0.527. The van der Waals surface area contributed by atoms with Crippen molar-refractivity contribution in [1.82, 2.24) is 5.32 Å². The van der Waals surface area contributed by atoms with Gasteiger partial charge < -0.3 is 19.5 Å². The van der Waals surface area contributed by atoms with Crippen molar-refractivity contribution in [3.8, 4) is 11.5 Å². The summed E-state index contributed by atoms with van der Waals surface area (Å²) in [5.74, 6) is 0.293. The van der Waals surface area contributed by atoms with Crippen LogP contribution in [0.1, 0.15) is 21.5 Å². The van der Waals surface area contributed by atoms with E-state index in [1.54, 1.807) is 38.5 Å². The summed E-state index contributed by atoms with van der Waals surface area (Å²) in [5, 5.41) is 2.69. The normalized spacial score (nSPS) is 10.0. The molecule has 0 bridgehead atoms. The highest BCUT2D eigenvalue weighted by atomic mass is 16.5. The third-order valence-corrected chi connectivity index (χ3v) is 3.56. The Morgan fingerprint density at radius 3 is 2.28 bits per heavy atom. The lowest BCUT2D eigenvalue weighted by Gasteiger charge is -2.10. The van der Waals surface area contributed by atoms with Gasteiger partial charge in [0.1, 0.15) is 0 Å². The van der Waals surface area contributed by atoms with Crippen molar-refractivity contribution in [3.05, 3.63) is 59.2 Å². The highest BCUT2D eigenvalue weighted by Gasteiger charge is 2.10. The maximum Gasteiger partial charge on any atom is 0.338 e. The van der Waals surface area contributed by atoms with Crippen LogP contribution < -0.4 is 14.8 Å². The van der Waals surface area contributed by atoms with E-state index in [1.165, 1.54) is 0 Å². The van der Waals surface area contributed by atoms with Gasteiger partial charge in [-0.2, -0.15) is 0 Å². The molecule has 0 atom stereocenters. The molecule has 2 aromatic rings. The van der Waals surface area contributed by atoms with E-state index in [0.717, 1.165) is 11.1 Å². The highest BCUT2D eigenvalue weighted by Crippen LogP contribution is 2.27. The van der Waals surface area contributed by atoms with Crippen LogP contribution in [0.2, 0.25) is 0 Å². The topological polar surface area (TPSA) is 73.9 Å². The quantitative estimate of drug-likeness (QED) is 0.782. The molecule has 0 aliphatic heterocycles. The predicted molar refractivity (Wildman–Crippen MR) is 92.9 cm³/mol. The van der Waals surface area contributed by atoms with Gasteiger partial charge in [-0.25, -0.2) is 4.79 Å². The number of hydrogen-bond donors (Lipinski definition) is 1. The van der Waals surface area contributed by atoms with E-state index in [-0.39, 0.29) is 12.5 Å². The van der Waals surface area contributed by atoms with Gasteiger partial charge in [-0.05, 0) is 36.8 Å². The van der Waals surface area contributed by atoms with Gasteiger partial charge in [-0.1, -0.05) is 23.8 Å². The lowest BCUT2D eigenvalue weighted by Crippen LogP contribution is -2.28. The molecule has 0 heterocycles. The number of carbonyl (C=O) groups is 2. The molecule has 0 fully saturated rings. The number of rotatable bonds is 7. The largest absolute Gasteiger partial charge is 0.493 e. The van der Waals surface area contributed by atoms with E-state index in [4.69, 9.17) is 14.2 Å². The van der Waals surface area contributed by atoms with E-state index >= 15 is 0 Å². The molecule has 0 saturated carbocycles. The van der Waals surface area contributed by atoms with Crippen LogP contribution in [0.25, 0.3) is 0 Å². The molecule has 25 heavy (non-hydrogen) atoms. The zero-order valence-electron chi connectivity index (χ0n) is 14.5. The van der Waals surface area contributed by atoms with Gasteiger partial charge in [0, 0.05) is 6.54 Å². The first-order valence-electron chi connectivity index (χ1n) is 7.75. The zero-order valence-corrected chi connectivity index (χ0v) is 14.5. The average Bonchev–Trinajstić information content (AvgIpc) is 2.64. The molecule has 6 nitrogen and oxygen atoms in total. The van der Waals surface area contributed by atoms with E-state index < -0.39 is 5.97 Å². The van der Waals surface area contributed by atoms with Gasteiger partial charge in [0.15, 0.2) is 18.1 Å². The number of ether oxygens (including phenoxy) is 3. The molecule has 0 aromatic heterocycles. The molecule has 1 amide bonds. The summed E-state index contributed by atoms with van der Waals surface area (Å²) in [6.45, 7) is 1.89. The Morgan fingerprint density at radius 1 is 0.960 bits per heavy atom. The number of nitrogens with one attached hydrogen (secondary N) is 1. The summed E-state index contributed by atoms with van der Waals surface area (Å²) in [4.78, 5) is 23.7. The molecule has 132 valence electrons. The molecule has 2 aromatic carbocycles. The first kappa shape index (κ1) is 18.3. The Labute approximate surface area is 146 Å². The fraction of sp³-hybridized carbons (Fsp3) is 0.263. The summed E-state index contributed by atoms with van der Waals surface area (Å²) in [5.41, 5.74) is 2.30. The Balaban J connectivity index is 1.82. The Hall–Kier alpha value is -3.02. The van der Waals surface area contributed by atoms with E-state index in [2.05, 4.69) is 5.32 Å². The van der Waals surface area contributed by atoms with Crippen LogP contribution in [-0.2, 0) is 16.1 Å². The summed E-state index contributed by atoms with van der Waals surface area (Å²) in [7, 11) is 3.10. The van der Waals surface area contributed by atoms with E-state index in [1.807, 2.05) is 25.1 Å². The Bertz CT molecular complexity index is 740.